The lowest BCUT2D eigenvalue weighted by molar-refractivity contribution is 0.0942. The summed E-state index contributed by atoms with van der Waals surface area (Å²) in [6.45, 7) is 4.99. The molecule has 0 radical (unpaired) electrons. The van der Waals surface area contributed by atoms with E-state index in [9.17, 15) is 4.79 Å². The van der Waals surface area contributed by atoms with Gasteiger partial charge in [-0.05, 0) is 5.92 Å². The number of amides is 1. The molecule has 2 aromatic heterocycles. The average Bonchev–Trinajstić information content (AvgIpc) is 3.05. The molecule has 3 aromatic rings. The second-order valence-corrected chi connectivity index (χ2v) is 6.32. The number of nitrogens with one attached hydrogen (secondary N) is 1. The zero-order valence-electron chi connectivity index (χ0n) is 14.7. The minimum absolute atomic E-state index is 0.160. The number of ether oxygens (including phenoxy) is 1. The van der Waals surface area contributed by atoms with Gasteiger partial charge in [0.05, 0.1) is 23.6 Å². The molecule has 0 saturated carbocycles. The van der Waals surface area contributed by atoms with Crippen molar-refractivity contribution in [1.82, 2.24) is 19.9 Å². The van der Waals surface area contributed by atoms with Crippen molar-refractivity contribution < 1.29 is 9.53 Å². The number of carbonyl (C=O) groups is 1. The standard InChI is InChI=1S/C19H22N4O2/c1-13(2)10-21-19(24)15-11-20-18-9-16(14-7-5-4-6-8-14)22-23(18)17(15)12-25-3/h4-9,11,13H,10,12H2,1-3H3,(H,21,24). The van der Waals surface area contributed by atoms with Gasteiger partial charge in [0, 0.05) is 31.5 Å². The van der Waals surface area contributed by atoms with Crippen molar-refractivity contribution >= 4 is 11.6 Å². The summed E-state index contributed by atoms with van der Waals surface area (Å²) in [6, 6.07) is 11.8. The molecule has 0 unspecified atom stereocenters. The molecule has 0 aliphatic carbocycles. The maximum absolute atomic E-state index is 12.5. The van der Waals surface area contributed by atoms with Gasteiger partial charge in [-0.1, -0.05) is 44.2 Å². The fraction of sp³-hybridized carbons (Fsp3) is 0.316. The predicted molar refractivity (Wildman–Crippen MR) is 96.3 cm³/mol. The molecule has 130 valence electrons. The van der Waals surface area contributed by atoms with Crippen molar-refractivity contribution in [2.75, 3.05) is 13.7 Å². The number of carbonyl (C=O) groups excluding carboxylic acids is 1. The average molecular weight is 338 g/mol. The third-order valence-corrected chi connectivity index (χ3v) is 3.85. The van der Waals surface area contributed by atoms with Crippen LogP contribution in [-0.4, -0.2) is 34.2 Å². The van der Waals surface area contributed by atoms with Crippen LogP contribution >= 0.6 is 0 Å². The monoisotopic (exact) mass is 338 g/mol. The predicted octanol–water partition coefficient (Wildman–Crippen LogP) is 2.93. The molecule has 0 aliphatic rings. The molecule has 3 rings (SSSR count). The Morgan fingerprint density at radius 3 is 2.72 bits per heavy atom. The third-order valence-electron chi connectivity index (χ3n) is 3.85. The molecule has 1 aromatic carbocycles. The number of hydrogen-bond acceptors (Lipinski definition) is 4. The zero-order valence-corrected chi connectivity index (χ0v) is 14.7. The summed E-state index contributed by atoms with van der Waals surface area (Å²) in [7, 11) is 1.60. The number of aromatic nitrogens is 3. The molecular formula is C19H22N4O2. The highest BCUT2D eigenvalue weighted by Crippen LogP contribution is 2.21. The Hall–Kier alpha value is -2.73. The largest absolute Gasteiger partial charge is 0.378 e. The Morgan fingerprint density at radius 2 is 2.04 bits per heavy atom. The lowest BCUT2D eigenvalue weighted by Crippen LogP contribution is -2.29. The lowest BCUT2D eigenvalue weighted by Gasteiger charge is -2.12. The summed E-state index contributed by atoms with van der Waals surface area (Å²) in [5, 5.41) is 7.56. The summed E-state index contributed by atoms with van der Waals surface area (Å²) in [6.07, 6.45) is 1.59. The van der Waals surface area contributed by atoms with Crippen LogP contribution in [0.1, 0.15) is 29.9 Å². The van der Waals surface area contributed by atoms with E-state index >= 15 is 0 Å². The summed E-state index contributed by atoms with van der Waals surface area (Å²) in [5.41, 5.74) is 3.67. The maximum Gasteiger partial charge on any atom is 0.254 e. The molecule has 0 atom stereocenters. The van der Waals surface area contributed by atoms with Crippen LogP contribution < -0.4 is 5.32 Å². The van der Waals surface area contributed by atoms with Crippen LogP contribution in [0.5, 0.6) is 0 Å². The van der Waals surface area contributed by atoms with E-state index in [-0.39, 0.29) is 12.5 Å². The molecule has 0 saturated heterocycles. The molecular weight excluding hydrogens is 316 g/mol. The Morgan fingerprint density at radius 1 is 1.28 bits per heavy atom. The van der Waals surface area contributed by atoms with E-state index < -0.39 is 0 Å². The van der Waals surface area contributed by atoms with Crippen LogP contribution in [0.15, 0.2) is 42.6 Å². The van der Waals surface area contributed by atoms with Crippen LogP contribution in [0, 0.1) is 5.92 Å². The highest BCUT2D eigenvalue weighted by atomic mass is 16.5. The van der Waals surface area contributed by atoms with Crippen molar-refractivity contribution in [3.63, 3.8) is 0 Å². The van der Waals surface area contributed by atoms with Gasteiger partial charge in [-0.2, -0.15) is 5.10 Å². The Kier molecular flexibility index (Phi) is 5.09. The topological polar surface area (TPSA) is 68.5 Å². The quantitative estimate of drug-likeness (QED) is 0.750. The van der Waals surface area contributed by atoms with E-state index in [4.69, 9.17) is 4.74 Å². The minimum Gasteiger partial charge on any atom is -0.378 e. The van der Waals surface area contributed by atoms with Crippen molar-refractivity contribution in [1.29, 1.82) is 0 Å². The fourth-order valence-electron chi connectivity index (χ4n) is 2.59. The van der Waals surface area contributed by atoms with E-state index in [0.717, 1.165) is 11.3 Å². The molecule has 6 heteroatoms. The van der Waals surface area contributed by atoms with E-state index in [2.05, 4.69) is 29.2 Å². The summed E-state index contributed by atoms with van der Waals surface area (Å²) in [5.74, 6) is 0.216. The van der Waals surface area contributed by atoms with Gasteiger partial charge >= 0.3 is 0 Å². The normalized spacial score (nSPS) is 11.2. The Labute approximate surface area is 146 Å². The van der Waals surface area contributed by atoms with Crippen LogP contribution in [0.3, 0.4) is 0 Å². The Bertz CT molecular complexity index is 872. The highest BCUT2D eigenvalue weighted by molar-refractivity contribution is 5.95. The molecule has 2 heterocycles. The first-order valence-corrected chi connectivity index (χ1v) is 8.30. The first-order valence-electron chi connectivity index (χ1n) is 8.30. The molecule has 0 fully saturated rings. The zero-order chi connectivity index (χ0) is 17.8. The van der Waals surface area contributed by atoms with Crippen LogP contribution in [0.2, 0.25) is 0 Å². The third kappa shape index (κ3) is 3.69. The molecule has 1 amide bonds. The van der Waals surface area contributed by atoms with Gasteiger partial charge in [0.15, 0.2) is 5.65 Å². The SMILES string of the molecule is COCc1c(C(=O)NCC(C)C)cnc2cc(-c3ccccc3)nn12. The summed E-state index contributed by atoms with van der Waals surface area (Å²) < 4.78 is 6.99. The molecule has 6 nitrogen and oxygen atoms in total. The molecule has 0 spiro atoms. The maximum atomic E-state index is 12.5. The fourth-order valence-corrected chi connectivity index (χ4v) is 2.59. The van der Waals surface area contributed by atoms with Crippen molar-refractivity contribution in [3.8, 4) is 11.3 Å². The van der Waals surface area contributed by atoms with Crippen molar-refractivity contribution in [2.45, 2.75) is 20.5 Å². The van der Waals surface area contributed by atoms with Crippen LogP contribution in [-0.2, 0) is 11.3 Å². The van der Waals surface area contributed by atoms with E-state index in [1.807, 2.05) is 36.4 Å². The number of benzene rings is 1. The Balaban J connectivity index is 2.04. The first-order chi connectivity index (χ1) is 12.1. The van der Waals surface area contributed by atoms with Gasteiger partial charge in [0.1, 0.15) is 0 Å². The lowest BCUT2D eigenvalue weighted by atomic mass is 10.1. The van der Waals surface area contributed by atoms with E-state index in [1.54, 1.807) is 17.8 Å². The van der Waals surface area contributed by atoms with Gasteiger partial charge < -0.3 is 10.1 Å². The van der Waals surface area contributed by atoms with Crippen LogP contribution in [0.4, 0.5) is 0 Å². The number of fused-ring (bicyclic) bond motifs is 1. The molecule has 25 heavy (non-hydrogen) atoms. The van der Waals surface area contributed by atoms with Gasteiger partial charge in [-0.15, -0.1) is 0 Å². The van der Waals surface area contributed by atoms with E-state index in [0.29, 0.717) is 29.4 Å². The summed E-state index contributed by atoms with van der Waals surface area (Å²) >= 11 is 0. The van der Waals surface area contributed by atoms with Gasteiger partial charge in [0.2, 0.25) is 0 Å². The second kappa shape index (κ2) is 7.44. The highest BCUT2D eigenvalue weighted by Gasteiger charge is 2.18. The summed E-state index contributed by atoms with van der Waals surface area (Å²) in [4.78, 5) is 16.9. The number of hydrogen-bond donors (Lipinski definition) is 1. The number of rotatable bonds is 6. The smallest absolute Gasteiger partial charge is 0.254 e. The van der Waals surface area contributed by atoms with Gasteiger partial charge in [0.25, 0.3) is 5.91 Å². The van der Waals surface area contributed by atoms with Gasteiger partial charge in [-0.3, -0.25) is 4.79 Å². The molecule has 0 bridgehead atoms. The van der Waals surface area contributed by atoms with Gasteiger partial charge in [-0.25, -0.2) is 9.50 Å². The number of methoxy groups -OCH3 is 1. The number of nitrogens with zero attached hydrogens (tertiary/aromatic N) is 3. The molecule has 0 aliphatic heterocycles. The molecule has 1 N–H and O–H groups in total. The second-order valence-electron chi connectivity index (χ2n) is 6.32. The van der Waals surface area contributed by atoms with E-state index in [1.165, 1.54) is 0 Å². The van der Waals surface area contributed by atoms with Crippen molar-refractivity contribution in [3.05, 3.63) is 53.9 Å². The van der Waals surface area contributed by atoms with Crippen LogP contribution in [0.25, 0.3) is 16.9 Å². The first kappa shape index (κ1) is 17.1. The minimum atomic E-state index is -0.160. The van der Waals surface area contributed by atoms with Crippen molar-refractivity contribution in [2.24, 2.45) is 5.92 Å².